The lowest BCUT2D eigenvalue weighted by atomic mass is 9.92. The van der Waals surface area contributed by atoms with Crippen LogP contribution in [-0.2, 0) is 17.8 Å². The Labute approximate surface area is 269 Å². The molecule has 0 spiro atoms. The number of amides is 1. The summed E-state index contributed by atoms with van der Waals surface area (Å²) >= 11 is 6.70. The van der Waals surface area contributed by atoms with E-state index in [1.807, 2.05) is 12.1 Å². The molecule has 1 unspecified atom stereocenters. The first kappa shape index (κ1) is 31.1. The van der Waals surface area contributed by atoms with Crippen molar-refractivity contribution in [2.24, 2.45) is 11.3 Å². The van der Waals surface area contributed by atoms with Crippen molar-refractivity contribution < 1.29 is 13.9 Å². The van der Waals surface area contributed by atoms with E-state index in [4.69, 9.17) is 26.3 Å². The number of nitrogens with zero attached hydrogens (tertiary/aromatic N) is 6. The lowest BCUT2D eigenvalue weighted by Crippen LogP contribution is -2.55. The number of rotatable bonds is 10. The molecule has 1 aliphatic carbocycles. The number of fused-ring (bicyclic) bond motifs is 2. The fraction of sp³-hybridized carbons (Fsp3) is 0.486. The van der Waals surface area contributed by atoms with Crippen molar-refractivity contribution in [2.45, 2.75) is 65.0 Å². The van der Waals surface area contributed by atoms with Crippen LogP contribution in [0.5, 0.6) is 6.01 Å². The van der Waals surface area contributed by atoms with Gasteiger partial charge in [0.15, 0.2) is 5.83 Å². The molecule has 1 saturated carbocycles. The van der Waals surface area contributed by atoms with Crippen LogP contribution in [0.3, 0.4) is 0 Å². The number of piperazine rings is 1. The summed E-state index contributed by atoms with van der Waals surface area (Å²) < 4.78 is 20.3. The van der Waals surface area contributed by atoms with Crippen LogP contribution in [0.4, 0.5) is 15.9 Å². The predicted octanol–water partition coefficient (Wildman–Crippen LogP) is 6.86. The normalized spacial score (nSPS) is 19.5. The molecule has 236 valence electrons. The largest absolute Gasteiger partial charge is 0.463 e. The molecule has 3 aromatic rings. The van der Waals surface area contributed by atoms with Gasteiger partial charge in [0.1, 0.15) is 5.82 Å². The van der Waals surface area contributed by atoms with E-state index >= 15 is 0 Å². The SMILES string of the molecule is C=C(F)C(=O)N1CCN(c2nc(OCC3(CC(C)CC)CC3)nc3c2CCN(c2cccc4cccc(Cl)c24)C3)C[C@@H]1CC#N. The summed E-state index contributed by atoms with van der Waals surface area (Å²) in [7, 11) is 0. The number of anilines is 2. The van der Waals surface area contributed by atoms with E-state index in [1.54, 1.807) is 0 Å². The van der Waals surface area contributed by atoms with E-state index in [0.29, 0.717) is 49.6 Å². The Hall–Kier alpha value is -3.90. The molecule has 3 heterocycles. The number of carbonyl (C=O) groups excluding carboxylic acids is 1. The van der Waals surface area contributed by atoms with Crippen LogP contribution < -0.4 is 14.5 Å². The van der Waals surface area contributed by atoms with Gasteiger partial charge in [-0.2, -0.15) is 15.2 Å². The van der Waals surface area contributed by atoms with Gasteiger partial charge < -0.3 is 19.4 Å². The van der Waals surface area contributed by atoms with Crippen molar-refractivity contribution in [1.82, 2.24) is 14.9 Å². The van der Waals surface area contributed by atoms with Crippen molar-refractivity contribution in [3.05, 3.63) is 65.1 Å². The molecule has 2 aromatic carbocycles. The van der Waals surface area contributed by atoms with Gasteiger partial charge in [0, 0.05) is 48.2 Å². The van der Waals surface area contributed by atoms with Gasteiger partial charge in [-0.1, -0.05) is 62.7 Å². The van der Waals surface area contributed by atoms with Gasteiger partial charge in [-0.15, -0.1) is 0 Å². The summed E-state index contributed by atoms with van der Waals surface area (Å²) in [6.07, 6.45) is 5.35. The molecule has 6 rings (SSSR count). The molecule has 0 radical (unpaired) electrons. The molecule has 2 fully saturated rings. The Bertz CT molecular complexity index is 1650. The van der Waals surface area contributed by atoms with Crippen LogP contribution in [0.25, 0.3) is 10.8 Å². The zero-order valence-corrected chi connectivity index (χ0v) is 26.8. The monoisotopic (exact) mass is 630 g/mol. The number of carbonyl (C=O) groups is 1. The maximum Gasteiger partial charge on any atom is 0.318 e. The Balaban J connectivity index is 1.33. The molecule has 1 amide bonds. The molecule has 3 aliphatic rings. The summed E-state index contributed by atoms with van der Waals surface area (Å²) in [6, 6.07) is 14.2. The van der Waals surface area contributed by atoms with Crippen LogP contribution in [-0.4, -0.2) is 59.6 Å². The first-order chi connectivity index (χ1) is 21.7. The maximum absolute atomic E-state index is 13.8. The molecule has 1 aromatic heterocycles. The lowest BCUT2D eigenvalue weighted by Gasteiger charge is -2.42. The van der Waals surface area contributed by atoms with Gasteiger partial charge in [-0.3, -0.25) is 4.79 Å². The summed E-state index contributed by atoms with van der Waals surface area (Å²) in [4.78, 5) is 28.3. The van der Waals surface area contributed by atoms with E-state index in [9.17, 15) is 14.4 Å². The summed E-state index contributed by atoms with van der Waals surface area (Å²) in [6.45, 7) is 10.7. The number of ether oxygens (including phenoxy) is 1. The van der Waals surface area contributed by atoms with Crippen molar-refractivity contribution in [3.63, 3.8) is 0 Å². The quantitative estimate of drug-likeness (QED) is 0.226. The molecular weight excluding hydrogens is 591 g/mol. The van der Waals surface area contributed by atoms with Crippen LogP contribution in [0, 0.1) is 22.7 Å². The predicted molar refractivity (Wildman–Crippen MR) is 175 cm³/mol. The fourth-order valence-electron chi connectivity index (χ4n) is 6.90. The minimum atomic E-state index is -1.01. The highest BCUT2D eigenvalue weighted by molar-refractivity contribution is 6.36. The highest BCUT2D eigenvalue weighted by Crippen LogP contribution is 2.51. The first-order valence-electron chi connectivity index (χ1n) is 15.9. The zero-order valence-electron chi connectivity index (χ0n) is 26.1. The Morgan fingerprint density at radius 3 is 2.69 bits per heavy atom. The molecule has 2 atom stereocenters. The van der Waals surface area contributed by atoms with Gasteiger partial charge in [0.2, 0.25) is 0 Å². The van der Waals surface area contributed by atoms with Gasteiger partial charge >= 0.3 is 6.01 Å². The topological polar surface area (TPSA) is 85.6 Å². The molecule has 8 nitrogen and oxygen atoms in total. The highest BCUT2D eigenvalue weighted by Gasteiger charge is 2.44. The fourth-order valence-corrected chi connectivity index (χ4v) is 7.17. The van der Waals surface area contributed by atoms with Crippen molar-refractivity contribution in [3.8, 4) is 12.1 Å². The summed E-state index contributed by atoms with van der Waals surface area (Å²) in [5.41, 5.74) is 3.17. The number of halogens is 2. The highest BCUT2D eigenvalue weighted by atomic mass is 35.5. The number of benzene rings is 2. The molecule has 0 N–H and O–H groups in total. The molecule has 10 heteroatoms. The Morgan fingerprint density at radius 2 is 1.98 bits per heavy atom. The van der Waals surface area contributed by atoms with E-state index in [1.165, 1.54) is 4.90 Å². The van der Waals surface area contributed by atoms with Crippen LogP contribution in [0.2, 0.25) is 5.02 Å². The van der Waals surface area contributed by atoms with Crippen molar-refractivity contribution >= 4 is 39.8 Å². The van der Waals surface area contributed by atoms with E-state index in [2.05, 4.69) is 60.6 Å². The number of hydrogen-bond donors (Lipinski definition) is 0. The maximum atomic E-state index is 13.8. The third-order valence-electron chi connectivity index (χ3n) is 9.74. The van der Waals surface area contributed by atoms with Crippen LogP contribution in [0.1, 0.15) is 57.2 Å². The minimum absolute atomic E-state index is 0.0832. The molecule has 1 saturated heterocycles. The average Bonchev–Trinajstić information content (AvgIpc) is 3.81. The first-order valence-corrected chi connectivity index (χ1v) is 16.3. The average molecular weight is 631 g/mol. The minimum Gasteiger partial charge on any atom is -0.463 e. The van der Waals surface area contributed by atoms with Gasteiger partial charge in [0.05, 0.1) is 42.4 Å². The van der Waals surface area contributed by atoms with E-state index in [0.717, 1.165) is 65.8 Å². The van der Waals surface area contributed by atoms with Gasteiger partial charge in [-0.25, -0.2) is 4.39 Å². The van der Waals surface area contributed by atoms with E-state index < -0.39 is 17.8 Å². The second-order valence-electron chi connectivity index (χ2n) is 12.9. The lowest BCUT2D eigenvalue weighted by molar-refractivity contribution is -0.131. The molecular formula is C35H40ClFN6O2. The smallest absolute Gasteiger partial charge is 0.318 e. The molecule has 0 bridgehead atoms. The summed E-state index contributed by atoms with van der Waals surface area (Å²) in [5, 5.41) is 12.3. The van der Waals surface area contributed by atoms with Gasteiger partial charge in [0.25, 0.3) is 5.91 Å². The Kier molecular flexibility index (Phi) is 8.87. The molecule has 2 aliphatic heterocycles. The summed E-state index contributed by atoms with van der Waals surface area (Å²) in [5.74, 6) is -0.370. The third kappa shape index (κ3) is 6.44. The molecule has 45 heavy (non-hydrogen) atoms. The number of aromatic nitrogens is 2. The van der Waals surface area contributed by atoms with Crippen LogP contribution >= 0.6 is 11.6 Å². The standard InChI is InChI=1S/C35H40ClFN6O2/c1-4-23(2)19-35(13-14-35)22-45-34-39-29-21-41(30-10-6-8-25-7-5-9-28(36)31(25)30)16-12-27(29)32(40-34)42-17-18-43(33(44)24(3)37)26(20-42)11-15-38/h5-10,23,26H,3-4,11-14,16-22H2,1-2H3/t23?,26-/m0/s1. The van der Waals surface area contributed by atoms with Gasteiger partial charge in [-0.05, 0) is 49.1 Å². The van der Waals surface area contributed by atoms with E-state index in [-0.39, 0.29) is 18.4 Å². The third-order valence-corrected chi connectivity index (χ3v) is 10.1. The number of hydrogen-bond acceptors (Lipinski definition) is 7. The second kappa shape index (κ2) is 12.8. The van der Waals surface area contributed by atoms with Crippen molar-refractivity contribution in [1.29, 1.82) is 5.26 Å². The second-order valence-corrected chi connectivity index (χ2v) is 13.3. The number of nitriles is 1. The zero-order chi connectivity index (χ0) is 31.7. The Morgan fingerprint density at radius 1 is 1.20 bits per heavy atom. The van der Waals surface area contributed by atoms with Crippen molar-refractivity contribution in [2.75, 3.05) is 42.6 Å². The van der Waals surface area contributed by atoms with Crippen LogP contribution in [0.15, 0.2) is 48.8 Å².